The zero-order valence-electron chi connectivity index (χ0n) is 10.9. The van der Waals surface area contributed by atoms with Gasteiger partial charge in [-0.2, -0.15) is 5.26 Å². The second-order valence-corrected chi connectivity index (χ2v) is 5.16. The lowest BCUT2D eigenvalue weighted by molar-refractivity contribution is 0.798. The van der Waals surface area contributed by atoms with Gasteiger partial charge in [0, 0.05) is 18.8 Å². The number of rotatable bonds is 5. The molecule has 0 heterocycles. The Morgan fingerprint density at radius 1 is 1.00 bits per heavy atom. The molecule has 0 saturated carbocycles. The standard InChI is InChI=1S/C16H14Cl2N2/c17-15-9-4-6-13(16(15)18)12-20(11-5-10-19)14-7-2-1-3-8-14/h1-4,6-9H,5,11-12H2. The molecule has 0 bridgehead atoms. The summed E-state index contributed by atoms with van der Waals surface area (Å²) in [5.41, 5.74) is 2.03. The lowest BCUT2D eigenvalue weighted by Gasteiger charge is -2.24. The van der Waals surface area contributed by atoms with Gasteiger partial charge in [0.05, 0.1) is 22.5 Å². The molecule has 102 valence electrons. The van der Waals surface area contributed by atoms with Gasteiger partial charge in [-0.1, -0.05) is 53.5 Å². The normalized spacial score (nSPS) is 10.1. The predicted molar refractivity (Wildman–Crippen MR) is 84.2 cm³/mol. The topological polar surface area (TPSA) is 27.0 Å². The largest absolute Gasteiger partial charge is 0.366 e. The van der Waals surface area contributed by atoms with Crippen LogP contribution in [-0.4, -0.2) is 6.54 Å². The molecule has 2 aromatic rings. The summed E-state index contributed by atoms with van der Waals surface area (Å²) in [6.07, 6.45) is 0.465. The number of para-hydroxylation sites is 1. The van der Waals surface area contributed by atoms with Gasteiger partial charge in [0.25, 0.3) is 0 Å². The minimum atomic E-state index is 0.465. The van der Waals surface area contributed by atoms with Crippen LogP contribution in [0.25, 0.3) is 0 Å². The lowest BCUT2D eigenvalue weighted by atomic mass is 10.2. The van der Waals surface area contributed by atoms with Crippen LogP contribution in [-0.2, 0) is 6.54 Å². The van der Waals surface area contributed by atoms with Crippen molar-refractivity contribution in [3.63, 3.8) is 0 Å². The molecule has 0 unspecified atom stereocenters. The molecule has 2 rings (SSSR count). The Morgan fingerprint density at radius 3 is 2.45 bits per heavy atom. The van der Waals surface area contributed by atoms with Gasteiger partial charge in [-0.15, -0.1) is 0 Å². The lowest BCUT2D eigenvalue weighted by Crippen LogP contribution is -2.23. The third kappa shape index (κ3) is 3.66. The number of benzene rings is 2. The second kappa shape index (κ2) is 7.19. The van der Waals surface area contributed by atoms with Crippen molar-refractivity contribution in [2.45, 2.75) is 13.0 Å². The highest BCUT2D eigenvalue weighted by Crippen LogP contribution is 2.28. The van der Waals surface area contributed by atoms with E-state index in [9.17, 15) is 0 Å². The van der Waals surface area contributed by atoms with Crippen molar-refractivity contribution in [3.8, 4) is 6.07 Å². The third-order valence-corrected chi connectivity index (χ3v) is 3.87. The van der Waals surface area contributed by atoms with Gasteiger partial charge in [0.1, 0.15) is 0 Å². The number of nitrogens with zero attached hydrogens (tertiary/aromatic N) is 2. The summed E-state index contributed by atoms with van der Waals surface area (Å²) in [5, 5.41) is 9.93. The summed E-state index contributed by atoms with van der Waals surface area (Å²) < 4.78 is 0. The Balaban J connectivity index is 2.24. The fourth-order valence-corrected chi connectivity index (χ4v) is 2.38. The van der Waals surface area contributed by atoms with Crippen LogP contribution in [0.4, 0.5) is 5.69 Å². The molecule has 0 atom stereocenters. The zero-order chi connectivity index (χ0) is 14.4. The van der Waals surface area contributed by atoms with E-state index in [2.05, 4.69) is 11.0 Å². The van der Waals surface area contributed by atoms with Crippen molar-refractivity contribution < 1.29 is 0 Å². The molecule has 20 heavy (non-hydrogen) atoms. The van der Waals surface area contributed by atoms with Crippen molar-refractivity contribution >= 4 is 28.9 Å². The smallest absolute Gasteiger partial charge is 0.0642 e. The van der Waals surface area contributed by atoms with Crippen LogP contribution in [0.1, 0.15) is 12.0 Å². The van der Waals surface area contributed by atoms with E-state index < -0.39 is 0 Å². The second-order valence-electron chi connectivity index (χ2n) is 4.38. The van der Waals surface area contributed by atoms with E-state index in [-0.39, 0.29) is 0 Å². The molecule has 0 aliphatic rings. The molecular weight excluding hydrogens is 291 g/mol. The molecule has 2 nitrogen and oxygen atoms in total. The van der Waals surface area contributed by atoms with Crippen molar-refractivity contribution in [1.82, 2.24) is 0 Å². The first kappa shape index (κ1) is 14.7. The van der Waals surface area contributed by atoms with Crippen LogP contribution in [0.2, 0.25) is 10.0 Å². The number of hydrogen-bond donors (Lipinski definition) is 0. The van der Waals surface area contributed by atoms with Gasteiger partial charge in [0.15, 0.2) is 0 Å². The van der Waals surface area contributed by atoms with Crippen molar-refractivity contribution in [2.24, 2.45) is 0 Å². The number of halogens is 2. The maximum Gasteiger partial charge on any atom is 0.0642 e. The van der Waals surface area contributed by atoms with Crippen LogP contribution in [0, 0.1) is 11.3 Å². The monoisotopic (exact) mass is 304 g/mol. The Labute approximate surface area is 129 Å². The molecule has 2 aromatic carbocycles. The number of anilines is 1. The van der Waals surface area contributed by atoms with E-state index in [4.69, 9.17) is 28.5 Å². The van der Waals surface area contributed by atoms with E-state index in [1.165, 1.54) is 0 Å². The van der Waals surface area contributed by atoms with Gasteiger partial charge >= 0.3 is 0 Å². The molecule has 0 aromatic heterocycles. The van der Waals surface area contributed by atoms with Crippen LogP contribution < -0.4 is 4.90 Å². The van der Waals surface area contributed by atoms with E-state index in [1.54, 1.807) is 6.07 Å². The maximum atomic E-state index is 8.80. The molecule has 0 N–H and O–H groups in total. The molecule has 0 saturated heterocycles. The molecule has 0 fully saturated rings. The SMILES string of the molecule is N#CCCN(Cc1cccc(Cl)c1Cl)c1ccccc1. The maximum absolute atomic E-state index is 8.80. The molecule has 4 heteroatoms. The average molecular weight is 305 g/mol. The highest BCUT2D eigenvalue weighted by Gasteiger charge is 2.10. The zero-order valence-corrected chi connectivity index (χ0v) is 12.4. The van der Waals surface area contributed by atoms with Crippen LogP contribution in [0.3, 0.4) is 0 Å². The quantitative estimate of drug-likeness (QED) is 0.784. The van der Waals surface area contributed by atoms with E-state index in [1.807, 2.05) is 42.5 Å². The summed E-state index contributed by atoms with van der Waals surface area (Å²) >= 11 is 12.3. The molecule has 0 radical (unpaired) electrons. The van der Waals surface area contributed by atoms with Gasteiger partial charge < -0.3 is 4.90 Å². The van der Waals surface area contributed by atoms with Gasteiger partial charge in [0.2, 0.25) is 0 Å². The summed E-state index contributed by atoms with van der Waals surface area (Å²) in [7, 11) is 0. The van der Waals surface area contributed by atoms with Crippen molar-refractivity contribution in [3.05, 3.63) is 64.1 Å². The number of nitriles is 1. The summed E-state index contributed by atoms with van der Waals surface area (Å²) in [6.45, 7) is 1.29. The van der Waals surface area contributed by atoms with Crippen molar-refractivity contribution in [2.75, 3.05) is 11.4 Å². The molecule has 0 aliphatic carbocycles. The first-order valence-corrected chi connectivity index (χ1v) is 7.08. The molecule has 0 spiro atoms. The Kier molecular flexibility index (Phi) is 5.29. The Morgan fingerprint density at radius 2 is 1.75 bits per heavy atom. The van der Waals surface area contributed by atoms with Crippen molar-refractivity contribution in [1.29, 1.82) is 5.26 Å². The summed E-state index contributed by atoms with van der Waals surface area (Å²) in [4.78, 5) is 2.13. The van der Waals surface area contributed by atoms with E-state index in [0.29, 0.717) is 29.6 Å². The van der Waals surface area contributed by atoms with E-state index >= 15 is 0 Å². The molecular formula is C16H14Cl2N2. The average Bonchev–Trinajstić information content (AvgIpc) is 2.48. The fraction of sp³-hybridized carbons (Fsp3) is 0.188. The predicted octanol–water partition coefficient (Wildman–Crippen LogP) is 4.91. The van der Waals surface area contributed by atoms with Crippen LogP contribution in [0.15, 0.2) is 48.5 Å². The number of hydrogen-bond acceptors (Lipinski definition) is 2. The molecule has 0 amide bonds. The highest BCUT2D eigenvalue weighted by molar-refractivity contribution is 6.42. The Hall–Kier alpha value is -1.69. The minimum Gasteiger partial charge on any atom is -0.366 e. The first-order chi connectivity index (χ1) is 9.72. The first-order valence-electron chi connectivity index (χ1n) is 6.32. The van der Waals surface area contributed by atoms with E-state index in [0.717, 1.165) is 11.3 Å². The fourth-order valence-electron chi connectivity index (χ4n) is 2.00. The summed E-state index contributed by atoms with van der Waals surface area (Å²) in [5.74, 6) is 0. The van der Waals surface area contributed by atoms with Gasteiger partial charge in [-0.3, -0.25) is 0 Å². The minimum absolute atomic E-state index is 0.465. The summed E-state index contributed by atoms with van der Waals surface area (Å²) in [6, 6.07) is 17.8. The molecule has 0 aliphatic heterocycles. The third-order valence-electron chi connectivity index (χ3n) is 3.01. The van der Waals surface area contributed by atoms with Crippen LogP contribution >= 0.6 is 23.2 Å². The van der Waals surface area contributed by atoms with Crippen LogP contribution in [0.5, 0.6) is 0 Å². The van der Waals surface area contributed by atoms with Gasteiger partial charge in [-0.25, -0.2) is 0 Å². The highest BCUT2D eigenvalue weighted by atomic mass is 35.5. The van der Waals surface area contributed by atoms with Gasteiger partial charge in [-0.05, 0) is 23.8 Å². The Bertz CT molecular complexity index is 606.